The van der Waals surface area contributed by atoms with Gasteiger partial charge in [-0.3, -0.25) is 0 Å². The highest BCUT2D eigenvalue weighted by molar-refractivity contribution is 5.91. The summed E-state index contributed by atoms with van der Waals surface area (Å²) in [5.41, 5.74) is 1.47. The summed E-state index contributed by atoms with van der Waals surface area (Å²) in [6.07, 6.45) is 2.20. The molecule has 0 saturated carbocycles. The molecule has 0 aromatic heterocycles. The predicted octanol–water partition coefficient (Wildman–Crippen LogP) is 4.70. The molecule has 116 valence electrons. The minimum atomic E-state index is -0.705. The topological polar surface area (TPSA) is 26.3 Å². The Hall–Kier alpha value is -2.23. The summed E-state index contributed by atoms with van der Waals surface area (Å²) in [5.74, 6) is -2.17. The van der Waals surface area contributed by atoms with Gasteiger partial charge < -0.3 is 4.74 Å². The molecule has 0 N–H and O–H groups in total. The molecule has 2 rings (SSSR count). The number of esters is 1. The van der Waals surface area contributed by atoms with E-state index in [1.54, 1.807) is 19.1 Å². The summed E-state index contributed by atoms with van der Waals surface area (Å²) in [6.45, 7) is 3.73. The second-order valence-electron chi connectivity index (χ2n) is 5.06. The van der Waals surface area contributed by atoms with Crippen LogP contribution < -0.4 is 4.74 Å². The fourth-order valence-electron chi connectivity index (χ4n) is 2.24. The molecule has 0 spiro atoms. The Bertz CT molecular complexity index is 640. The maximum Gasteiger partial charge on any atom is 0.343 e. The molecule has 2 nitrogen and oxygen atoms in total. The SMILES string of the molecule is CCCc1ccc(C(=O)Oc2cc(F)c(CC)c(F)c2)cc1. The predicted molar refractivity (Wildman–Crippen MR) is 81.1 cm³/mol. The van der Waals surface area contributed by atoms with Gasteiger partial charge in [0.2, 0.25) is 0 Å². The van der Waals surface area contributed by atoms with E-state index in [-0.39, 0.29) is 17.7 Å². The van der Waals surface area contributed by atoms with Crippen LogP contribution in [0.4, 0.5) is 8.78 Å². The first kappa shape index (κ1) is 16.1. The fourth-order valence-corrected chi connectivity index (χ4v) is 2.24. The number of halogens is 2. The van der Waals surface area contributed by atoms with Crippen molar-refractivity contribution >= 4 is 5.97 Å². The fraction of sp³-hybridized carbons (Fsp3) is 0.278. The second-order valence-corrected chi connectivity index (χ2v) is 5.06. The van der Waals surface area contributed by atoms with E-state index >= 15 is 0 Å². The summed E-state index contributed by atoms with van der Waals surface area (Å²) in [4.78, 5) is 12.0. The van der Waals surface area contributed by atoms with Crippen LogP contribution in [0.25, 0.3) is 0 Å². The monoisotopic (exact) mass is 304 g/mol. The van der Waals surface area contributed by atoms with Gasteiger partial charge in [0.05, 0.1) is 5.56 Å². The molecule has 0 aliphatic heterocycles. The molecule has 0 aliphatic carbocycles. The smallest absolute Gasteiger partial charge is 0.343 e. The summed E-state index contributed by atoms with van der Waals surface area (Å²) >= 11 is 0. The third-order valence-corrected chi connectivity index (χ3v) is 3.41. The Morgan fingerprint density at radius 2 is 1.64 bits per heavy atom. The van der Waals surface area contributed by atoms with Crippen LogP contribution in [0, 0.1) is 11.6 Å². The van der Waals surface area contributed by atoms with Gasteiger partial charge in [0.15, 0.2) is 0 Å². The van der Waals surface area contributed by atoms with Crippen molar-refractivity contribution in [2.24, 2.45) is 0 Å². The van der Waals surface area contributed by atoms with E-state index in [2.05, 4.69) is 6.92 Å². The van der Waals surface area contributed by atoms with Crippen LogP contribution >= 0.6 is 0 Å². The number of hydrogen-bond donors (Lipinski definition) is 0. The highest BCUT2D eigenvalue weighted by Gasteiger charge is 2.14. The van der Waals surface area contributed by atoms with Crippen LogP contribution in [-0.4, -0.2) is 5.97 Å². The lowest BCUT2D eigenvalue weighted by Crippen LogP contribution is -2.09. The molecule has 0 bridgehead atoms. The van der Waals surface area contributed by atoms with E-state index in [1.165, 1.54) is 0 Å². The van der Waals surface area contributed by atoms with Crippen molar-refractivity contribution in [3.8, 4) is 5.75 Å². The minimum absolute atomic E-state index is 0.0104. The van der Waals surface area contributed by atoms with E-state index in [0.717, 1.165) is 30.5 Å². The van der Waals surface area contributed by atoms with Gasteiger partial charge in [-0.2, -0.15) is 0 Å². The summed E-state index contributed by atoms with van der Waals surface area (Å²) in [7, 11) is 0. The van der Waals surface area contributed by atoms with E-state index in [9.17, 15) is 13.6 Å². The van der Waals surface area contributed by atoms with Crippen molar-refractivity contribution in [1.82, 2.24) is 0 Å². The highest BCUT2D eigenvalue weighted by Crippen LogP contribution is 2.22. The average molecular weight is 304 g/mol. The maximum absolute atomic E-state index is 13.7. The van der Waals surface area contributed by atoms with Crippen LogP contribution in [-0.2, 0) is 12.8 Å². The summed E-state index contributed by atoms with van der Waals surface area (Å²) in [6, 6.07) is 9.07. The number of carbonyl (C=O) groups excluding carboxylic acids is 1. The van der Waals surface area contributed by atoms with Gasteiger partial charge in [-0.25, -0.2) is 13.6 Å². The molecule has 0 heterocycles. The molecule has 0 saturated heterocycles. The van der Waals surface area contributed by atoms with E-state index < -0.39 is 17.6 Å². The Labute approximate surface area is 128 Å². The zero-order valence-electron chi connectivity index (χ0n) is 12.7. The number of hydrogen-bond acceptors (Lipinski definition) is 2. The summed E-state index contributed by atoms with van der Waals surface area (Å²) < 4.78 is 32.4. The number of carbonyl (C=O) groups is 1. The van der Waals surface area contributed by atoms with Crippen molar-refractivity contribution < 1.29 is 18.3 Å². The van der Waals surface area contributed by atoms with Gasteiger partial charge in [-0.1, -0.05) is 32.4 Å². The van der Waals surface area contributed by atoms with Gasteiger partial charge in [0.1, 0.15) is 17.4 Å². The molecule has 0 radical (unpaired) electrons. The number of benzene rings is 2. The zero-order chi connectivity index (χ0) is 16.1. The normalized spacial score (nSPS) is 10.5. The largest absolute Gasteiger partial charge is 0.423 e. The van der Waals surface area contributed by atoms with Crippen molar-refractivity contribution in [3.05, 3.63) is 64.7 Å². The first-order valence-electron chi connectivity index (χ1n) is 7.34. The Morgan fingerprint density at radius 1 is 1.05 bits per heavy atom. The lowest BCUT2D eigenvalue weighted by Gasteiger charge is -2.08. The molecule has 0 amide bonds. The lowest BCUT2D eigenvalue weighted by molar-refractivity contribution is 0.0734. The Kier molecular flexibility index (Phi) is 5.26. The molecule has 0 unspecified atom stereocenters. The zero-order valence-corrected chi connectivity index (χ0v) is 12.7. The number of rotatable bonds is 5. The van der Waals surface area contributed by atoms with Crippen LogP contribution in [0.3, 0.4) is 0 Å². The maximum atomic E-state index is 13.7. The van der Waals surface area contributed by atoms with Crippen molar-refractivity contribution in [1.29, 1.82) is 0 Å². The second kappa shape index (κ2) is 7.16. The third-order valence-electron chi connectivity index (χ3n) is 3.41. The molecule has 0 atom stereocenters. The van der Waals surface area contributed by atoms with Crippen LogP contribution in [0.2, 0.25) is 0 Å². The quantitative estimate of drug-likeness (QED) is 0.591. The summed E-state index contributed by atoms with van der Waals surface area (Å²) in [5, 5.41) is 0. The molecule has 2 aromatic rings. The van der Waals surface area contributed by atoms with Gasteiger partial charge >= 0.3 is 5.97 Å². The third kappa shape index (κ3) is 3.70. The minimum Gasteiger partial charge on any atom is -0.423 e. The Balaban J connectivity index is 2.14. The molecular weight excluding hydrogens is 286 g/mol. The molecular formula is C18H18F2O2. The van der Waals surface area contributed by atoms with Crippen LogP contribution in [0.5, 0.6) is 5.75 Å². The highest BCUT2D eigenvalue weighted by atomic mass is 19.1. The van der Waals surface area contributed by atoms with Gasteiger partial charge in [0, 0.05) is 17.7 Å². The Morgan fingerprint density at radius 3 is 2.14 bits per heavy atom. The molecule has 22 heavy (non-hydrogen) atoms. The van der Waals surface area contributed by atoms with Crippen molar-refractivity contribution in [3.63, 3.8) is 0 Å². The van der Waals surface area contributed by atoms with Crippen LogP contribution in [0.15, 0.2) is 36.4 Å². The van der Waals surface area contributed by atoms with Crippen LogP contribution in [0.1, 0.15) is 41.8 Å². The van der Waals surface area contributed by atoms with Gasteiger partial charge in [-0.15, -0.1) is 0 Å². The molecule has 4 heteroatoms. The lowest BCUT2D eigenvalue weighted by atomic mass is 10.1. The standard InChI is InChI=1S/C18H18F2O2/c1-3-5-12-6-8-13(9-7-12)18(21)22-14-10-16(19)15(4-2)17(20)11-14/h6-11H,3-5H2,1-2H3. The average Bonchev–Trinajstić information content (AvgIpc) is 2.48. The van der Waals surface area contributed by atoms with Crippen molar-refractivity contribution in [2.45, 2.75) is 33.1 Å². The van der Waals surface area contributed by atoms with E-state index in [1.807, 2.05) is 12.1 Å². The first-order chi connectivity index (χ1) is 10.5. The number of ether oxygens (including phenoxy) is 1. The molecule has 2 aromatic carbocycles. The van der Waals surface area contributed by atoms with E-state index in [0.29, 0.717) is 5.56 Å². The first-order valence-corrected chi connectivity index (χ1v) is 7.34. The van der Waals surface area contributed by atoms with E-state index in [4.69, 9.17) is 4.74 Å². The van der Waals surface area contributed by atoms with Gasteiger partial charge in [-0.05, 0) is 30.5 Å². The van der Waals surface area contributed by atoms with Crippen molar-refractivity contribution in [2.75, 3.05) is 0 Å². The van der Waals surface area contributed by atoms with Gasteiger partial charge in [0.25, 0.3) is 0 Å². The molecule has 0 fully saturated rings. The number of aryl methyl sites for hydroxylation is 1. The molecule has 0 aliphatic rings.